The van der Waals surface area contributed by atoms with Gasteiger partial charge in [0.05, 0.1) is 18.3 Å². The number of carbonyl (C=O) groups is 2. The molecule has 7 heteroatoms. The number of nitrogens with zero attached hydrogens (tertiary/aromatic N) is 2. The highest BCUT2D eigenvalue weighted by molar-refractivity contribution is 7.13. The van der Waals surface area contributed by atoms with E-state index in [1.165, 1.54) is 28.4 Å². The Balaban J connectivity index is 2.13. The molecule has 0 aliphatic rings. The summed E-state index contributed by atoms with van der Waals surface area (Å²) in [5, 5.41) is 12.7. The highest BCUT2D eigenvalue weighted by Gasteiger charge is 2.08. The van der Waals surface area contributed by atoms with Gasteiger partial charge in [-0.15, -0.1) is 11.3 Å². The minimum absolute atomic E-state index is 0.280. The predicted molar refractivity (Wildman–Crippen MR) is 61.1 cm³/mol. The van der Waals surface area contributed by atoms with E-state index in [4.69, 9.17) is 10.8 Å². The lowest BCUT2D eigenvalue weighted by Gasteiger charge is -1.96. The molecule has 17 heavy (non-hydrogen) atoms. The zero-order valence-corrected chi connectivity index (χ0v) is 9.48. The first kappa shape index (κ1) is 11.3. The van der Waals surface area contributed by atoms with Gasteiger partial charge in [0.1, 0.15) is 4.88 Å². The van der Waals surface area contributed by atoms with E-state index in [1.54, 1.807) is 12.1 Å². The summed E-state index contributed by atoms with van der Waals surface area (Å²) in [5.41, 5.74) is 5.43. The second kappa shape index (κ2) is 4.38. The smallest absolute Gasteiger partial charge is 0.345 e. The average molecular weight is 251 g/mol. The van der Waals surface area contributed by atoms with Crippen LogP contribution in [0.15, 0.2) is 24.5 Å². The Morgan fingerprint density at radius 1 is 1.47 bits per heavy atom. The minimum Gasteiger partial charge on any atom is -0.477 e. The zero-order chi connectivity index (χ0) is 12.4. The Morgan fingerprint density at radius 2 is 2.24 bits per heavy atom. The van der Waals surface area contributed by atoms with Gasteiger partial charge in [-0.3, -0.25) is 9.48 Å². The molecule has 2 heterocycles. The Bertz CT molecular complexity index is 523. The number of carboxylic acid groups (broad SMARTS) is 1. The Kier molecular flexibility index (Phi) is 2.92. The maximum atomic E-state index is 10.9. The van der Waals surface area contributed by atoms with Crippen LogP contribution in [0.5, 0.6) is 0 Å². The number of aromatic nitrogens is 2. The maximum Gasteiger partial charge on any atom is 0.345 e. The van der Waals surface area contributed by atoms with Crippen molar-refractivity contribution in [3.05, 3.63) is 39.8 Å². The first-order valence-electron chi connectivity index (χ1n) is 4.70. The molecule has 1 amide bonds. The van der Waals surface area contributed by atoms with Crippen molar-refractivity contribution < 1.29 is 14.7 Å². The molecule has 0 saturated carbocycles. The monoisotopic (exact) mass is 251 g/mol. The lowest BCUT2D eigenvalue weighted by molar-refractivity contribution is 0.0702. The van der Waals surface area contributed by atoms with Gasteiger partial charge in [0.25, 0.3) is 5.91 Å². The third-order valence-corrected chi connectivity index (χ3v) is 3.17. The minimum atomic E-state index is -0.945. The molecule has 0 bridgehead atoms. The Labute approximate surface area is 100 Å². The fourth-order valence-electron chi connectivity index (χ4n) is 1.31. The topological polar surface area (TPSA) is 98.2 Å². The molecule has 6 nitrogen and oxygen atoms in total. The highest BCUT2D eigenvalue weighted by atomic mass is 32.1. The number of hydrogen-bond donors (Lipinski definition) is 2. The molecule has 0 aliphatic heterocycles. The van der Waals surface area contributed by atoms with Crippen LogP contribution in [-0.2, 0) is 6.54 Å². The van der Waals surface area contributed by atoms with Crippen molar-refractivity contribution in [1.29, 1.82) is 0 Å². The molecule has 0 unspecified atom stereocenters. The molecule has 2 rings (SSSR count). The van der Waals surface area contributed by atoms with Gasteiger partial charge < -0.3 is 10.8 Å². The summed E-state index contributed by atoms with van der Waals surface area (Å²) in [6.07, 6.45) is 2.91. The van der Waals surface area contributed by atoms with Gasteiger partial charge in [-0.25, -0.2) is 4.79 Å². The third kappa shape index (κ3) is 2.51. The van der Waals surface area contributed by atoms with Crippen LogP contribution in [0.3, 0.4) is 0 Å². The van der Waals surface area contributed by atoms with Crippen molar-refractivity contribution >= 4 is 23.2 Å². The number of carbonyl (C=O) groups excluding carboxylic acids is 1. The van der Waals surface area contributed by atoms with E-state index in [9.17, 15) is 9.59 Å². The van der Waals surface area contributed by atoms with Crippen molar-refractivity contribution in [3.8, 4) is 0 Å². The second-order valence-electron chi connectivity index (χ2n) is 3.36. The zero-order valence-electron chi connectivity index (χ0n) is 8.66. The van der Waals surface area contributed by atoms with Crippen molar-refractivity contribution in [2.75, 3.05) is 0 Å². The average Bonchev–Trinajstić information content (AvgIpc) is 2.87. The van der Waals surface area contributed by atoms with Crippen molar-refractivity contribution in [2.45, 2.75) is 6.54 Å². The van der Waals surface area contributed by atoms with Crippen LogP contribution in [0.25, 0.3) is 0 Å². The number of rotatable bonds is 4. The summed E-state index contributed by atoms with van der Waals surface area (Å²) in [6, 6.07) is 3.26. The molecule has 0 radical (unpaired) electrons. The van der Waals surface area contributed by atoms with Crippen molar-refractivity contribution in [3.63, 3.8) is 0 Å². The van der Waals surface area contributed by atoms with E-state index in [-0.39, 0.29) is 4.88 Å². The molecule has 0 spiro atoms. The molecule has 3 N–H and O–H groups in total. The quantitative estimate of drug-likeness (QED) is 0.839. The van der Waals surface area contributed by atoms with Gasteiger partial charge in [0, 0.05) is 11.1 Å². The van der Waals surface area contributed by atoms with Gasteiger partial charge in [0.15, 0.2) is 0 Å². The number of primary amides is 1. The summed E-state index contributed by atoms with van der Waals surface area (Å²) < 4.78 is 1.54. The van der Waals surface area contributed by atoms with Crippen LogP contribution in [0.1, 0.15) is 24.9 Å². The van der Waals surface area contributed by atoms with Crippen molar-refractivity contribution in [2.24, 2.45) is 5.73 Å². The molecule has 2 aromatic heterocycles. The van der Waals surface area contributed by atoms with Crippen LogP contribution < -0.4 is 5.73 Å². The summed E-state index contributed by atoms with van der Waals surface area (Å²) >= 11 is 1.18. The van der Waals surface area contributed by atoms with Crippen LogP contribution >= 0.6 is 11.3 Å². The van der Waals surface area contributed by atoms with Gasteiger partial charge in [-0.05, 0) is 12.1 Å². The van der Waals surface area contributed by atoms with E-state index >= 15 is 0 Å². The molecular weight excluding hydrogens is 242 g/mol. The summed E-state index contributed by atoms with van der Waals surface area (Å²) in [6.45, 7) is 0.422. The van der Waals surface area contributed by atoms with E-state index in [1.807, 2.05) is 0 Å². The van der Waals surface area contributed by atoms with Crippen LogP contribution in [-0.4, -0.2) is 26.8 Å². The van der Waals surface area contributed by atoms with Gasteiger partial charge in [0.2, 0.25) is 0 Å². The summed E-state index contributed by atoms with van der Waals surface area (Å²) in [4.78, 5) is 22.7. The molecule has 0 atom stereocenters. The number of aromatic carboxylic acids is 1. The van der Waals surface area contributed by atoms with Crippen LogP contribution in [0.2, 0.25) is 0 Å². The predicted octanol–water partition coefficient (Wildman–Crippen LogP) is 0.790. The van der Waals surface area contributed by atoms with E-state index < -0.39 is 11.9 Å². The standard InChI is InChI=1S/C10H9N3O3S/c11-9(14)6-3-12-13(4-6)5-7-1-2-8(17-7)10(15)16/h1-4H,5H2,(H2,11,14)(H,15,16). The van der Waals surface area contributed by atoms with Crippen molar-refractivity contribution in [1.82, 2.24) is 9.78 Å². The van der Waals surface area contributed by atoms with E-state index in [2.05, 4.69) is 5.10 Å². The fraction of sp³-hybridized carbons (Fsp3) is 0.100. The molecule has 0 saturated heterocycles. The lowest BCUT2D eigenvalue weighted by Crippen LogP contribution is -2.09. The molecule has 2 aromatic rings. The molecular formula is C10H9N3O3S. The SMILES string of the molecule is NC(=O)c1cnn(Cc2ccc(C(=O)O)s2)c1. The normalized spacial score (nSPS) is 10.4. The molecule has 88 valence electrons. The Hall–Kier alpha value is -2.15. The highest BCUT2D eigenvalue weighted by Crippen LogP contribution is 2.17. The number of thiophene rings is 1. The number of amides is 1. The van der Waals surface area contributed by atoms with E-state index in [0.29, 0.717) is 12.1 Å². The number of hydrogen-bond acceptors (Lipinski definition) is 4. The van der Waals surface area contributed by atoms with Gasteiger partial charge in [-0.2, -0.15) is 5.10 Å². The molecule has 0 aliphatic carbocycles. The van der Waals surface area contributed by atoms with Gasteiger partial charge >= 0.3 is 5.97 Å². The number of carboxylic acids is 1. The van der Waals surface area contributed by atoms with E-state index in [0.717, 1.165) is 4.88 Å². The largest absolute Gasteiger partial charge is 0.477 e. The second-order valence-corrected chi connectivity index (χ2v) is 4.53. The maximum absolute atomic E-state index is 10.9. The third-order valence-electron chi connectivity index (χ3n) is 2.11. The molecule has 0 fully saturated rings. The van der Waals surface area contributed by atoms with Gasteiger partial charge in [-0.1, -0.05) is 0 Å². The first-order valence-corrected chi connectivity index (χ1v) is 5.52. The lowest BCUT2D eigenvalue weighted by atomic mass is 10.3. The summed E-state index contributed by atoms with van der Waals surface area (Å²) in [5.74, 6) is -1.48. The molecule has 0 aromatic carbocycles. The summed E-state index contributed by atoms with van der Waals surface area (Å²) in [7, 11) is 0. The van der Waals surface area contributed by atoms with Crippen LogP contribution in [0.4, 0.5) is 0 Å². The van der Waals surface area contributed by atoms with Crippen LogP contribution in [0, 0.1) is 0 Å². The first-order chi connectivity index (χ1) is 8.06. The fourth-order valence-corrected chi connectivity index (χ4v) is 2.15. The number of nitrogens with two attached hydrogens (primary N) is 1. The Morgan fingerprint density at radius 3 is 2.76 bits per heavy atom.